The van der Waals surface area contributed by atoms with Crippen molar-refractivity contribution in [2.45, 2.75) is 13.0 Å². The molecule has 1 aromatic carbocycles. The Labute approximate surface area is 117 Å². The molecule has 5 nitrogen and oxygen atoms in total. The SMILES string of the molecule is COCCOCC(O)COc1ccc(C(C)=O)c(F)c1. The van der Waals surface area contributed by atoms with Crippen molar-refractivity contribution >= 4 is 5.78 Å². The van der Waals surface area contributed by atoms with Crippen LogP contribution in [0.15, 0.2) is 18.2 Å². The number of Topliss-reactive ketones (excluding diaryl/α,β-unsaturated/α-hetero) is 1. The first-order valence-electron chi connectivity index (χ1n) is 6.22. The molecule has 0 aliphatic rings. The maximum absolute atomic E-state index is 13.5. The molecule has 6 heteroatoms. The second-order valence-electron chi connectivity index (χ2n) is 4.23. The summed E-state index contributed by atoms with van der Waals surface area (Å²) in [5.41, 5.74) is 0.0146. The van der Waals surface area contributed by atoms with Gasteiger partial charge in [0.2, 0.25) is 0 Å². The fourth-order valence-corrected chi connectivity index (χ4v) is 1.47. The van der Waals surface area contributed by atoms with E-state index < -0.39 is 11.9 Å². The van der Waals surface area contributed by atoms with E-state index in [1.54, 1.807) is 7.11 Å². The van der Waals surface area contributed by atoms with Gasteiger partial charge in [0.1, 0.15) is 24.3 Å². The molecule has 0 amide bonds. The molecule has 1 aromatic rings. The average Bonchev–Trinajstić information content (AvgIpc) is 2.41. The second kappa shape index (κ2) is 8.63. The minimum Gasteiger partial charge on any atom is -0.491 e. The van der Waals surface area contributed by atoms with Gasteiger partial charge in [0.25, 0.3) is 0 Å². The molecule has 1 unspecified atom stereocenters. The molecule has 112 valence electrons. The molecule has 20 heavy (non-hydrogen) atoms. The lowest BCUT2D eigenvalue weighted by Crippen LogP contribution is -2.24. The van der Waals surface area contributed by atoms with Crippen LogP contribution in [-0.2, 0) is 9.47 Å². The Hall–Kier alpha value is -1.50. The average molecular weight is 286 g/mol. The van der Waals surface area contributed by atoms with Crippen LogP contribution in [0.5, 0.6) is 5.75 Å². The molecule has 1 atom stereocenters. The highest BCUT2D eigenvalue weighted by Crippen LogP contribution is 2.17. The molecular weight excluding hydrogens is 267 g/mol. The number of methoxy groups -OCH3 is 1. The molecule has 0 saturated carbocycles. The van der Waals surface area contributed by atoms with E-state index in [4.69, 9.17) is 14.2 Å². The molecule has 0 saturated heterocycles. The van der Waals surface area contributed by atoms with E-state index in [1.165, 1.54) is 19.1 Å². The fourth-order valence-electron chi connectivity index (χ4n) is 1.47. The number of aliphatic hydroxyl groups is 1. The van der Waals surface area contributed by atoms with Crippen molar-refractivity contribution < 1.29 is 28.5 Å². The predicted octanol–water partition coefficient (Wildman–Crippen LogP) is 1.43. The Morgan fingerprint density at radius 1 is 1.35 bits per heavy atom. The molecule has 0 bridgehead atoms. The largest absolute Gasteiger partial charge is 0.491 e. The zero-order valence-corrected chi connectivity index (χ0v) is 11.6. The van der Waals surface area contributed by atoms with Crippen molar-refractivity contribution in [3.05, 3.63) is 29.6 Å². The lowest BCUT2D eigenvalue weighted by molar-refractivity contribution is -0.00423. The van der Waals surface area contributed by atoms with E-state index in [1.807, 2.05) is 0 Å². The standard InChI is InChI=1S/C14H19FO5/c1-10(16)13-4-3-12(7-14(13)15)20-9-11(17)8-19-6-5-18-2/h3-4,7,11,17H,5-6,8-9H2,1-2H3. The number of carbonyl (C=O) groups excluding carboxylic acids is 1. The quantitative estimate of drug-likeness (QED) is 0.549. The summed E-state index contributed by atoms with van der Waals surface area (Å²) in [6, 6.07) is 3.96. The molecule has 0 aliphatic heterocycles. The van der Waals surface area contributed by atoms with Gasteiger partial charge in [0.05, 0.1) is 25.4 Å². The van der Waals surface area contributed by atoms with Gasteiger partial charge in [-0.1, -0.05) is 0 Å². The molecular formula is C14H19FO5. The number of hydrogen-bond donors (Lipinski definition) is 1. The van der Waals surface area contributed by atoms with Gasteiger partial charge in [-0.2, -0.15) is 0 Å². The summed E-state index contributed by atoms with van der Waals surface area (Å²) in [6.45, 7) is 2.21. The van der Waals surface area contributed by atoms with Crippen molar-refractivity contribution in [2.24, 2.45) is 0 Å². The summed E-state index contributed by atoms with van der Waals surface area (Å²) in [6.07, 6.45) is -0.817. The van der Waals surface area contributed by atoms with Gasteiger partial charge in [0, 0.05) is 13.2 Å². The fraction of sp³-hybridized carbons (Fsp3) is 0.500. The topological polar surface area (TPSA) is 65.0 Å². The van der Waals surface area contributed by atoms with Crippen molar-refractivity contribution in [2.75, 3.05) is 33.5 Å². The highest BCUT2D eigenvalue weighted by molar-refractivity contribution is 5.94. The Bertz CT molecular complexity index is 436. The zero-order valence-electron chi connectivity index (χ0n) is 11.6. The van der Waals surface area contributed by atoms with Crippen LogP contribution in [0.2, 0.25) is 0 Å². The van der Waals surface area contributed by atoms with E-state index >= 15 is 0 Å². The monoisotopic (exact) mass is 286 g/mol. The summed E-state index contributed by atoms with van der Waals surface area (Å²) < 4.78 is 28.7. The van der Waals surface area contributed by atoms with Gasteiger partial charge in [-0.15, -0.1) is 0 Å². The smallest absolute Gasteiger partial charge is 0.162 e. The summed E-state index contributed by atoms with van der Waals surface area (Å²) in [7, 11) is 1.56. The lowest BCUT2D eigenvalue weighted by Gasteiger charge is -2.13. The van der Waals surface area contributed by atoms with E-state index in [0.717, 1.165) is 6.07 Å². The van der Waals surface area contributed by atoms with Crippen molar-refractivity contribution in [1.82, 2.24) is 0 Å². The normalized spacial score (nSPS) is 12.2. The van der Waals surface area contributed by atoms with E-state index in [2.05, 4.69) is 0 Å². The second-order valence-corrected chi connectivity index (χ2v) is 4.23. The van der Waals surface area contributed by atoms with Crippen LogP contribution >= 0.6 is 0 Å². The van der Waals surface area contributed by atoms with E-state index in [-0.39, 0.29) is 30.3 Å². The molecule has 0 aromatic heterocycles. The highest BCUT2D eigenvalue weighted by atomic mass is 19.1. The van der Waals surface area contributed by atoms with Gasteiger partial charge in [-0.3, -0.25) is 4.79 Å². The Kier molecular flexibility index (Phi) is 7.14. The summed E-state index contributed by atoms with van der Waals surface area (Å²) in [4.78, 5) is 11.1. The first-order chi connectivity index (χ1) is 9.54. The molecule has 1 rings (SSSR count). The third-order valence-corrected chi connectivity index (χ3v) is 2.50. The molecule has 0 fully saturated rings. The molecule has 0 spiro atoms. The Morgan fingerprint density at radius 2 is 2.10 bits per heavy atom. The molecule has 1 N–H and O–H groups in total. The number of ether oxygens (including phenoxy) is 3. The minimum absolute atomic E-state index is 0.0146. The third-order valence-electron chi connectivity index (χ3n) is 2.50. The van der Waals surface area contributed by atoms with Gasteiger partial charge in [-0.25, -0.2) is 4.39 Å². The third kappa shape index (κ3) is 5.64. The molecule has 0 radical (unpaired) electrons. The van der Waals surface area contributed by atoms with Crippen LogP contribution in [0.3, 0.4) is 0 Å². The number of ketones is 1. The van der Waals surface area contributed by atoms with Crippen LogP contribution in [0.25, 0.3) is 0 Å². The maximum atomic E-state index is 13.5. The van der Waals surface area contributed by atoms with Crippen molar-refractivity contribution in [1.29, 1.82) is 0 Å². The van der Waals surface area contributed by atoms with Gasteiger partial charge < -0.3 is 19.3 Å². The Balaban J connectivity index is 2.38. The van der Waals surface area contributed by atoms with Gasteiger partial charge >= 0.3 is 0 Å². The number of aliphatic hydroxyl groups excluding tert-OH is 1. The number of halogens is 1. The van der Waals surface area contributed by atoms with E-state index in [0.29, 0.717) is 13.2 Å². The van der Waals surface area contributed by atoms with Crippen molar-refractivity contribution in [3.63, 3.8) is 0 Å². The number of benzene rings is 1. The van der Waals surface area contributed by atoms with Crippen molar-refractivity contribution in [3.8, 4) is 5.75 Å². The summed E-state index contributed by atoms with van der Waals surface area (Å²) in [5.74, 6) is -0.732. The maximum Gasteiger partial charge on any atom is 0.162 e. The first kappa shape index (κ1) is 16.6. The predicted molar refractivity (Wildman–Crippen MR) is 70.6 cm³/mol. The van der Waals surface area contributed by atoms with Gasteiger partial charge in [0.15, 0.2) is 5.78 Å². The molecule has 0 heterocycles. The van der Waals surface area contributed by atoms with Crippen LogP contribution in [0.1, 0.15) is 17.3 Å². The Morgan fingerprint density at radius 3 is 2.70 bits per heavy atom. The lowest BCUT2D eigenvalue weighted by atomic mass is 10.1. The summed E-state index contributed by atoms with van der Waals surface area (Å²) in [5, 5.41) is 9.58. The summed E-state index contributed by atoms with van der Waals surface area (Å²) >= 11 is 0. The minimum atomic E-state index is -0.817. The zero-order chi connectivity index (χ0) is 15.0. The van der Waals surface area contributed by atoms with Crippen LogP contribution in [-0.4, -0.2) is 50.5 Å². The van der Waals surface area contributed by atoms with Crippen LogP contribution in [0.4, 0.5) is 4.39 Å². The highest BCUT2D eigenvalue weighted by Gasteiger charge is 2.10. The number of hydrogen-bond acceptors (Lipinski definition) is 5. The van der Waals surface area contributed by atoms with Crippen LogP contribution in [0, 0.1) is 5.82 Å². The van der Waals surface area contributed by atoms with Gasteiger partial charge in [-0.05, 0) is 19.1 Å². The van der Waals surface area contributed by atoms with Crippen LogP contribution < -0.4 is 4.74 Å². The number of rotatable bonds is 9. The first-order valence-corrected chi connectivity index (χ1v) is 6.22. The number of carbonyl (C=O) groups is 1. The molecule has 0 aliphatic carbocycles. The van der Waals surface area contributed by atoms with E-state index in [9.17, 15) is 14.3 Å².